The highest BCUT2D eigenvalue weighted by Gasteiger charge is 2.29. The van der Waals surface area contributed by atoms with Gasteiger partial charge in [0.1, 0.15) is 0 Å². The number of allylic oxidation sites excluding steroid dienone is 2. The maximum absolute atomic E-state index is 12.7. The van der Waals surface area contributed by atoms with Gasteiger partial charge in [-0.3, -0.25) is 9.69 Å². The molecule has 0 spiro atoms. The van der Waals surface area contributed by atoms with Crippen molar-refractivity contribution in [2.75, 3.05) is 39.4 Å². The lowest BCUT2D eigenvalue weighted by Gasteiger charge is -2.40. The number of hydrogen-bond donors (Lipinski definition) is 0. The van der Waals surface area contributed by atoms with E-state index in [0.29, 0.717) is 17.9 Å². The van der Waals surface area contributed by atoms with Crippen LogP contribution in [0, 0.1) is 5.92 Å². The number of hydrogen-bond acceptors (Lipinski definition) is 3. The Hall–Kier alpha value is -0.870. The van der Waals surface area contributed by atoms with Crippen LogP contribution >= 0.6 is 0 Å². The fourth-order valence-corrected chi connectivity index (χ4v) is 3.81. The molecule has 0 radical (unpaired) electrons. The lowest BCUT2D eigenvalue weighted by molar-refractivity contribution is -0.136. The zero-order valence-electron chi connectivity index (χ0n) is 13.0. The Labute approximate surface area is 128 Å². The van der Waals surface area contributed by atoms with Crippen LogP contribution in [0.15, 0.2) is 12.2 Å². The Morgan fingerprint density at radius 2 is 2.00 bits per heavy atom. The topological polar surface area (TPSA) is 32.8 Å². The van der Waals surface area contributed by atoms with Crippen molar-refractivity contribution in [3.05, 3.63) is 12.2 Å². The number of likely N-dealkylation sites (tertiary alicyclic amines) is 1. The van der Waals surface area contributed by atoms with Crippen LogP contribution in [0.5, 0.6) is 0 Å². The van der Waals surface area contributed by atoms with Gasteiger partial charge in [-0.05, 0) is 38.0 Å². The summed E-state index contributed by atoms with van der Waals surface area (Å²) in [5.41, 5.74) is 0. The van der Waals surface area contributed by atoms with Crippen molar-refractivity contribution in [2.24, 2.45) is 5.92 Å². The van der Waals surface area contributed by atoms with Crippen LogP contribution in [0.4, 0.5) is 0 Å². The number of piperidine rings is 1. The minimum atomic E-state index is 0.379. The van der Waals surface area contributed by atoms with Gasteiger partial charge in [-0.1, -0.05) is 12.2 Å². The van der Waals surface area contributed by atoms with Gasteiger partial charge < -0.3 is 9.64 Å². The molecule has 4 nitrogen and oxygen atoms in total. The number of carbonyl (C=O) groups is 1. The van der Waals surface area contributed by atoms with Crippen LogP contribution in [0.2, 0.25) is 0 Å². The van der Waals surface area contributed by atoms with Crippen molar-refractivity contribution < 1.29 is 9.53 Å². The molecule has 21 heavy (non-hydrogen) atoms. The molecule has 3 aliphatic rings. The molecule has 0 N–H and O–H groups in total. The first-order chi connectivity index (χ1) is 10.3. The van der Waals surface area contributed by atoms with E-state index in [-0.39, 0.29) is 0 Å². The molecule has 2 heterocycles. The monoisotopic (exact) mass is 292 g/mol. The number of carbonyl (C=O) groups excluding carboxylic acids is 1. The van der Waals surface area contributed by atoms with Crippen LogP contribution in [-0.4, -0.2) is 61.1 Å². The summed E-state index contributed by atoms with van der Waals surface area (Å²) in [6.45, 7) is 5.72. The first kappa shape index (κ1) is 15.0. The number of rotatable bonds is 4. The van der Waals surface area contributed by atoms with Crippen molar-refractivity contribution in [3.8, 4) is 0 Å². The standard InChI is InChI=1S/C17H28N2O2/c20-17(13-15-5-1-2-6-15)19-8-4-3-7-16(19)14-18-9-11-21-12-10-18/h1,5,15-16H,2-4,6-14H2/t15-,16+/m1/s1. The van der Waals surface area contributed by atoms with E-state index in [0.717, 1.165) is 58.7 Å². The average molecular weight is 292 g/mol. The van der Waals surface area contributed by atoms with Crippen molar-refractivity contribution in [2.45, 2.75) is 44.6 Å². The van der Waals surface area contributed by atoms with Gasteiger partial charge in [-0.25, -0.2) is 0 Å². The van der Waals surface area contributed by atoms with E-state index in [1.165, 1.54) is 19.3 Å². The maximum Gasteiger partial charge on any atom is 0.223 e. The summed E-state index contributed by atoms with van der Waals surface area (Å²) in [6.07, 6.45) is 11.1. The fourth-order valence-electron chi connectivity index (χ4n) is 3.81. The van der Waals surface area contributed by atoms with Crippen molar-refractivity contribution in [3.63, 3.8) is 0 Å². The molecule has 0 bridgehead atoms. The Morgan fingerprint density at radius 3 is 2.76 bits per heavy atom. The second-order valence-electron chi connectivity index (χ2n) is 6.62. The van der Waals surface area contributed by atoms with Crippen molar-refractivity contribution in [1.82, 2.24) is 9.80 Å². The number of morpholine rings is 1. The van der Waals surface area contributed by atoms with E-state index in [2.05, 4.69) is 22.0 Å². The number of ether oxygens (including phenoxy) is 1. The lowest BCUT2D eigenvalue weighted by atomic mass is 9.98. The quantitative estimate of drug-likeness (QED) is 0.744. The van der Waals surface area contributed by atoms with Gasteiger partial charge in [0, 0.05) is 38.6 Å². The molecule has 0 saturated carbocycles. The maximum atomic E-state index is 12.7. The molecule has 1 amide bonds. The van der Waals surface area contributed by atoms with Crippen LogP contribution in [0.1, 0.15) is 38.5 Å². The van der Waals surface area contributed by atoms with Crippen LogP contribution in [-0.2, 0) is 9.53 Å². The Balaban J connectivity index is 1.54. The molecule has 0 unspecified atom stereocenters. The predicted molar refractivity (Wildman–Crippen MR) is 83.1 cm³/mol. The third kappa shape index (κ3) is 4.07. The van der Waals surface area contributed by atoms with Crippen molar-refractivity contribution >= 4 is 5.91 Å². The summed E-state index contributed by atoms with van der Waals surface area (Å²) in [4.78, 5) is 17.3. The normalized spacial score (nSPS) is 30.8. The van der Waals surface area contributed by atoms with E-state index in [1.54, 1.807) is 0 Å². The number of nitrogens with zero attached hydrogens (tertiary/aromatic N) is 2. The molecule has 0 aromatic heterocycles. The number of amides is 1. The van der Waals surface area contributed by atoms with Gasteiger partial charge in [-0.15, -0.1) is 0 Å². The predicted octanol–water partition coefficient (Wildman–Crippen LogP) is 2.06. The molecule has 0 aromatic carbocycles. The minimum absolute atomic E-state index is 0.379. The zero-order valence-corrected chi connectivity index (χ0v) is 13.0. The molecule has 1 aliphatic carbocycles. The van der Waals surface area contributed by atoms with E-state index < -0.39 is 0 Å². The fraction of sp³-hybridized carbons (Fsp3) is 0.824. The zero-order chi connectivity index (χ0) is 14.5. The Morgan fingerprint density at radius 1 is 1.14 bits per heavy atom. The second-order valence-corrected chi connectivity index (χ2v) is 6.62. The van der Waals surface area contributed by atoms with Gasteiger partial charge >= 0.3 is 0 Å². The molecule has 2 saturated heterocycles. The largest absolute Gasteiger partial charge is 0.379 e. The summed E-state index contributed by atoms with van der Waals surface area (Å²) in [5.74, 6) is 0.868. The van der Waals surface area contributed by atoms with E-state index in [1.807, 2.05) is 0 Å². The summed E-state index contributed by atoms with van der Waals surface area (Å²) < 4.78 is 5.42. The highest BCUT2D eigenvalue weighted by molar-refractivity contribution is 5.77. The molecular formula is C17H28N2O2. The summed E-state index contributed by atoms with van der Waals surface area (Å²) >= 11 is 0. The first-order valence-electron chi connectivity index (χ1n) is 8.59. The lowest BCUT2D eigenvalue weighted by Crippen LogP contribution is -2.51. The third-order valence-corrected chi connectivity index (χ3v) is 5.07. The molecule has 118 valence electrons. The molecule has 2 aliphatic heterocycles. The van der Waals surface area contributed by atoms with Gasteiger partial charge in [0.05, 0.1) is 13.2 Å². The first-order valence-corrected chi connectivity index (χ1v) is 8.59. The second kappa shape index (κ2) is 7.41. The van der Waals surface area contributed by atoms with Gasteiger partial charge in [0.15, 0.2) is 0 Å². The molecule has 4 heteroatoms. The smallest absolute Gasteiger partial charge is 0.223 e. The Bertz CT molecular complexity index is 377. The Kier molecular flexibility index (Phi) is 5.31. The summed E-state index contributed by atoms with van der Waals surface area (Å²) in [7, 11) is 0. The van der Waals surface area contributed by atoms with Gasteiger partial charge in [0.25, 0.3) is 0 Å². The molecule has 2 atom stereocenters. The van der Waals surface area contributed by atoms with Crippen LogP contribution < -0.4 is 0 Å². The summed E-state index contributed by atoms with van der Waals surface area (Å²) in [5, 5.41) is 0. The van der Waals surface area contributed by atoms with E-state index in [9.17, 15) is 4.79 Å². The molecule has 2 fully saturated rings. The van der Waals surface area contributed by atoms with Gasteiger partial charge in [-0.2, -0.15) is 0 Å². The summed E-state index contributed by atoms with van der Waals surface area (Å²) in [6, 6.07) is 0.426. The molecule has 0 aromatic rings. The van der Waals surface area contributed by atoms with Gasteiger partial charge in [0.2, 0.25) is 5.91 Å². The molecular weight excluding hydrogens is 264 g/mol. The molecule has 3 rings (SSSR count). The highest BCUT2D eigenvalue weighted by Crippen LogP contribution is 2.25. The van der Waals surface area contributed by atoms with E-state index in [4.69, 9.17) is 4.74 Å². The SMILES string of the molecule is O=C(C[C@@H]1C=CCC1)N1CCCC[C@H]1CN1CCOCC1. The van der Waals surface area contributed by atoms with E-state index >= 15 is 0 Å². The van der Waals surface area contributed by atoms with Crippen LogP contribution in [0.3, 0.4) is 0 Å². The van der Waals surface area contributed by atoms with Crippen molar-refractivity contribution in [1.29, 1.82) is 0 Å². The highest BCUT2D eigenvalue weighted by atomic mass is 16.5. The van der Waals surface area contributed by atoms with Crippen LogP contribution in [0.25, 0.3) is 0 Å². The third-order valence-electron chi connectivity index (χ3n) is 5.07. The average Bonchev–Trinajstić information content (AvgIpc) is 3.02. The minimum Gasteiger partial charge on any atom is -0.379 e.